The van der Waals surface area contributed by atoms with E-state index in [9.17, 15) is 9.90 Å². The van der Waals surface area contributed by atoms with Crippen LogP contribution < -0.4 is 5.73 Å². The Hall–Kier alpha value is -1.91. The van der Waals surface area contributed by atoms with Gasteiger partial charge < -0.3 is 10.8 Å². The number of hydrogen-bond acceptors (Lipinski definition) is 3. The van der Waals surface area contributed by atoms with Crippen molar-refractivity contribution in [2.24, 2.45) is 5.73 Å². The first-order valence-electron chi connectivity index (χ1n) is 10.6. The lowest BCUT2D eigenvalue weighted by Gasteiger charge is -2.32. The Labute approximate surface area is 179 Å². The topological polar surface area (TPSA) is 63.3 Å². The molecule has 1 aromatic carbocycles. The van der Waals surface area contributed by atoms with E-state index in [1.165, 1.54) is 27.3 Å². The predicted molar refractivity (Wildman–Crippen MR) is 125 cm³/mol. The number of aliphatic hydroxyl groups is 1. The van der Waals surface area contributed by atoms with Crippen molar-refractivity contribution >= 4 is 23.3 Å². The highest BCUT2D eigenvalue weighted by atomic mass is 32.1. The second-order valence-corrected chi connectivity index (χ2v) is 9.04. The number of hydrogen-bond donors (Lipinski definition) is 2. The molecule has 0 fully saturated rings. The summed E-state index contributed by atoms with van der Waals surface area (Å²) >= 11 is 1.53. The number of nitrogens with two attached hydrogens (primary N) is 1. The van der Waals surface area contributed by atoms with Crippen LogP contribution in [-0.2, 0) is 5.41 Å². The average Bonchev–Trinajstić information content (AvgIpc) is 3.10. The molecule has 0 aliphatic carbocycles. The van der Waals surface area contributed by atoms with E-state index in [1.54, 1.807) is 0 Å². The van der Waals surface area contributed by atoms with Crippen LogP contribution in [0, 0.1) is 13.8 Å². The lowest BCUT2D eigenvalue weighted by atomic mass is 9.74. The zero-order valence-corrected chi connectivity index (χ0v) is 19.5. The van der Waals surface area contributed by atoms with Crippen LogP contribution in [-0.4, -0.2) is 16.6 Å². The highest BCUT2D eigenvalue weighted by molar-refractivity contribution is 7.14. The van der Waals surface area contributed by atoms with E-state index in [0.717, 1.165) is 24.0 Å². The molecular weight excluding hydrogens is 378 g/mol. The molecule has 4 heteroatoms. The van der Waals surface area contributed by atoms with Gasteiger partial charge in [0.1, 0.15) is 0 Å². The van der Waals surface area contributed by atoms with Gasteiger partial charge in [0.25, 0.3) is 5.91 Å². The molecule has 3 N–H and O–H groups in total. The van der Waals surface area contributed by atoms with Crippen molar-refractivity contribution in [2.45, 2.75) is 78.2 Å². The Morgan fingerprint density at radius 1 is 1.03 bits per heavy atom. The smallest absolute Gasteiger partial charge is 0.259 e. The molecule has 0 unspecified atom stereocenters. The average molecular weight is 414 g/mol. The first kappa shape index (κ1) is 23.4. The molecule has 0 atom stereocenters. The molecule has 0 radical (unpaired) electrons. The van der Waals surface area contributed by atoms with Crippen LogP contribution in [0.3, 0.4) is 0 Å². The van der Waals surface area contributed by atoms with E-state index >= 15 is 0 Å². The Morgan fingerprint density at radius 2 is 1.66 bits per heavy atom. The van der Waals surface area contributed by atoms with Gasteiger partial charge in [-0.05, 0) is 67.9 Å². The molecule has 158 valence electrons. The second kappa shape index (κ2) is 9.27. The molecule has 29 heavy (non-hydrogen) atoms. The number of carbonyl (C=O) groups is 1. The van der Waals surface area contributed by atoms with Gasteiger partial charge in [-0.25, -0.2) is 0 Å². The van der Waals surface area contributed by atoms with Crippen LogP contribution >= 0.6 is 11.3 Å². The quantitative estimate of drug-likeness (QED) is 0.519. The predicted octanol–water partition coefficient (Wildman–Crippen LogP) is 6.13. The van der Waals surface area contributed by atoms with Crippen LogP contribution in [0.1, 0.15) is 90.2 Å². The van der Waals surface area contributed by atoms with E-state index in [0.29, 0.717) is 17.7 Å². The summed E-state index contributed by atoms with van der Waals surface area (Å²) in [5, 5.41) is 10.5. The van der Waals surface area contributed by atoms with Gasteiger partial charge in [0.2, 0.25) is 0 Å². The van der Waals surface area contributed by atoms with Crippen LogP contribution in [0.4, 0.5) is 0 Å². The maximum Gasteiger partial charge on any atom is 0.259 e. The van der Waals surface area contributed by atoms with Crippen LogP contribution in [0.5, 0.6) is 0 Å². The molecule has 0 aliphatic rings. The van der Waals surface area contributed by atoms with E-state index in [-0.39, 0.29) is 11.3 Å². The molecule has 0 spiro atoms. The van der Waals surface area contributed by atoms with E-state index in [4.69, 9.17) is 5.73 Å². The Bertz CT molecular complexity index is 886. The molecule has 0 bridgehead atoms. The first-order valence-corrected chi connectivity index (χ1v) is 11.4. The van der Waals surface area contributed by atoms with Gasteiger partial charge in [-0.2, -0.15) is 0 Å². The zero-order chi connectivity index (χ0) is 21.8. The number of rotatable bonds is 9. The van der Waals surface area contributed by atoms with Crippen molar-refractivity contribution in [3.05, 3.63) is 62.3 Å². The zero-order valence-electron chi connectivity index (χ0n) is 18.6. The number of carbonyl (C=O) groups excluding carboxylic acids is 1. The molecule has 0 aliphatic heterocycles. The van der Waals surface area contributed by atoms with Crippen molar-refractivity contribution in [3.8, 4) is 0 Å². The minimum Gasteiger partial charge on any atom is -0.386 e. The summed E-state index contributed by atoms with van der Waals surface area (Å²) in [5.74, 6) is -0.351. The number of aryl methyl sites for hydroxylation is 2. The lowest BCUT2D eigenvalue weighted by molar-refractivity contribution is 0.0836. The Morgan fingerprint density at radius 3 is 2.10 bits per heavy atom. The third-order valence-corrected chi connectivity index (χ3v) is 7.90. The highest BCUT2D eigenvalue weighted by Gasteiger charge is 2.33. The van der Waals surface area contributed by atoms with Crippen molar-refractivity contribution in [1.29, 1.82) is 0 Å². The minimum absolute atomic E-state index is 0.135. The van der Waals surface area contributed by atoms with Crippen molar-refractivity contribution in [3.63, 3.8) is 0 Å². The van der Waals surface area contributed by atoms with Gasteiger partial charge >= 0.3 is 0 Å². The number of thiophene rings is 1. The number of primary amides is 1. The third-order valence-electron chi connectivity index (χ3n) is 6.44. The minimum atomic E-state index is -0.749. The molecular formula is C25H35NO2S. The van der Waals surface area contributed by atoms with Crippen LogP contribution in [0.15, 0.2) is 30.3 Å². The maximum absolute atomic E-state index is 11.8. The summed E-state index contributed by atoms with van der Waals surface area (Å²) in [7, 11) is 0. The molecule has 1 aromatic heterocycles. The van der Waals surface area contributed by atoms with Crippen molar-refractivity contribution in [2.75, 3.05) is 0 Å². The summed E-state index contributed by atoms with van der Waals surface area (Å²) in [6, 6.07) is 8.71. The summed E-state index contributed by atoms with van der Waals surface area (Å²) in [6.07, 6.45) is 7.25. The van der Waals surface area contributed by atoms with Gasteiger partial charge in [0, 0.05) is 10.3 Å². The Balaban J connectivity index is 2.50. The van der Waals surface area contributed by atoms with Gasteiger partial charge in [-0.1, -0.05) is 58.0 Å². The SMILES string of the molecule is CCC(O)(/C=C/c1ccc(C(CC)(CC)c2cc(C)c(C(N)=O)s2)cc1C)CC. The monoisotopic (exact) mass is 413 g/mol. The largest absolute Gasteiger partial charge is 0.386 e. The van der Waals surface area contributed by atoms with Crippen molar-refractivity contribution < 1.29 is 9.90 Å². The molecule has 3 nitrogen and oxygen atoms in total. The van der Waals surface area contributed by atoms with Gasteiger partial charge in [0.15, 0.2) is 0 Å². The van der Waals surface area contributed by atoms with E-state index < -0.39 is 5.60 Å². The van der Waals surface area contributed by atoms with Gasteiger partial charge in [0.05, 0.1) is 10.5 Å². The van der Waals surface area contributed by atoms with Crippen molar-refractivity contribution in [1.82, 2.24) is 0 Å². The normalized spacial score (nSPS) is 12.7. The molecule has 0 saturated carbocycles. The fourth-order valence-electron chi connectivity index (χ4n) is 4.00. The number of amides is 1. The maximum atomic E-state index is 11.8. The summed E-state index contributed by atoms with van der Waals surface area (Å²) in [4.78, 5) is 13.6. The molecule has 1 heterocycles. The standard InChI is InChI=1S/C25H35NO2S/c1-7-24(28,8-2)14-13-19-11-12-20(15-17(19)5)25(9-3,10-4)21-16-18(6)22(29-21)23(26)27/h11-16,28H,7-10H2,1-6H3,(H2,26,27)/b14-13+. The summed E-state index contributed by atoms with van der Waals surface area (Å²) < 4.78 is 0. The van der Waals surface area contributed by atoms with E-state index in [1.807, 2.05) is 32.9 Å². The molecule has 0 saturated heterocycles. The van der Waals surface area contributed by atoms with E-state index in [2.05, 4.69) is 45.0 Å². The van der Waals surface area contributed by atoms with Gasteiger partial charge in [-0.3, -0.25) is 4.79 Å². The molecule has 1 amide bonds. The van der Waals surface area contributed by atoms with Crippen LogP contribution in [0.2, 0.25) is 0 Å². The molecule has 2 rings (SSSR count). The molecule has 2 aromatic rings. The Kier molecular flexibility index (Phi) is 7.47. The lowest BCUT2D eigenvalue weighted by Crippen LogP contribution is -2.25. The first-order chi connectivity index (χ1) is 13.7. The summed E-state index contributed by atoms with van der Waals surface area (Å²) in [5.41, 5.74) is 9.21. The van der Waals surface area contributed by atoms with Gasteiger partial charge in [-0.15, -0.1) is 11.3 Å². The van der Waals surface area contributed by atoms with Crippen LogP contribution in [0.25, 0.3) is 6.08 Å². The highest BCUT2D eigenvalue weighted by Crippen LogP contribution is 2.43. The third kappa shape index (κ3) is 4.65. The second-order valence-electron chi connectivity index (χ2n) is 7.99. The summed E-state index contributed by atoms with van der Waals surface area (Å²) in [6.45, 7) is 12.5. The number of benzene rings is 1. The fourth-order valence-corrected chi connectivity index (χ4v) is 5.38. The fraction of sp³-hybridized carbons (Fsp3) is 0.480.